The molecule has 0 aliphatic rings. The van der Waals surface area contributed by atoms with E-state index >= 15 is 0 Å². The van der Waals surface area contributed by atoms with E-state index in [-0.39, 0.29) is 11.1 Å². The number of alkyl halides is 3. The molecule has 0 amide bonds. The summed E-state index contributed by atoms with van der Waals surface area (Å²) in [4.78, 5) is 3.47. The fourth-order valence-corrected chi connectivity index (χ4v) is 1.71. The van der Waals surface area contributed by atoms with Crippen LogP contribution in [0.2, 0.25) is 0 Å². The molecular weight excluding hydrogens is 265 g/mol. The van der Waals surface area contributed by atoms with Crippen LogP contribution < -0.4 is 5.32 Å². The van der Waals surface area contributed by atoms with E-state index in [0.717, 1.165) is 6.07 Å². The van der Waals surface area contributed by atoms with Gasteiger partial charge in [0.25, 0.3) is 0 Å². The highest BCUT2D eigenvalue weighted by Crippen LogP contribution is 2.28. The van der Waals surface area contributed by atoms with Gasteiger partial charge < -0.3 is 5.32 Å². The zero-order chi connectivity index (χ0) is 13.8. The third-order valence-electron chi connectivity index (χ3n) is 2.46. The monoisotopic (exact) mass is 280 g/mol. The number of nitrogens with one attached hydrogen (secondary N) is 1. The Morgan fingerprint density at radius 2 is 2.11 bits per heavy atom. The Labute approximate surface area is 106 Å². The van der Waals surface area contributed by atoms with Crippen molar-refractivity contribution in [2.75, 3.05) is 18.1 Å². The first-order chi connectivity index (χ1) is 8.30. The van der Waals surface area contributed by atoms with Gasteiger partial charge in [-0.15, -0.1) is 0 Å². The summed E-state index contributed by atoms with van der Waals surface area (Å²) in [5, 5.41) is 2.80. The smallest absolute Gasteiger partial charge is 0.370 e. The van der Waals surface area contributed by atoms with Gasteiger partial charge in [-0.05, 0) is 18.6 Å². The molecule has 0 saturated carbocycles. The molecule has 1 heterocycles. The Bertz CT molecular complexity index is 423. The molecule has 1 aromatic heterocycles. The lowest BCUT2D eigenvalue weighted by molar-refractivity contribution is -0.141. The van der Waals surface area contributed by atoms with Crippen LogP contribution in [0.4, 0.5) is 19.0 Å². The number of hydrogen-bond acceptors (Lipinski definition) is 3. The van der Waals surface area contributed by atoms with E-state index in [1.165, 1.54) is 12.1 Å². The molecule has 2 atom stereocenters. The molecule has 0 aliphatic heterocycles. The summed E-state index contributed by atoms with van der Waals surface area (Å²) < 4.78 is 48.3. The van der Waals surface area contributed by atoms with Gasteiger partial charge in [-0.25, -0.2) is 4.98 Å². The molecule has 1 N–H and O–H groups in total. The van der Waals surface area contributed by atoms with Crippen molar-refractivity contribution in [1.29, 1.82) is 0 Å². The molecule has 0 saturated heterocycles. The molecule has 0 fully saturated rings. The highest BCUT2D eigenvalue weighted by atomic mass is 32.2. The molecule has 1 aromatic rings. The lowest BCUT2D eigenvalue weighted by Crippen LogP contribution is -2.16. The van der Waals surface area contributed by atoms with E-state index in [4.69, 9.17) is 0 Å². The van der Waals surface area contributed by atoms with Gasteiger partial charge >= 0.3 is 6.18 Å². The summed E-state index contributed by atoms with van der Waals surface area (Å²) in [5.41, 5.74) is -0.917. The second kappa shape index (κ2) is 6.17. The molecule has 0 aromatic carbocycles. The van der Waals surface area contributed by atoms with E-state index in [1.54, 1.807) is 6.26 Å². The van der Waals surface area contributed by atoms with Crippen molar-refractivity contribution in [2.24, 2.45) is 0 Å². The zero-order valence-corrected chi connectivity index (χ0v) is 10.9. The van der Waals surface area contributed by atoms with Gasteiger partial charge in [0.1, 0.15) is 11.5 Å². The van der Waals surface area contributed by atoms with Crippen molar-refractivity contribution in [1.82, 2.24) is 4.98 Å². The van der Waals surface area contributed by atoms with E-state index in [0.29, 0.717) is 13.0 Å². The number of hydrogen-bond donors (Lipinski definition) is 1. The lowest BCUT2D eigenvalue weighted by Gasteiger charge is -2.11. The Hall–Kier alpha value is -1.11. The lowest BCUT2D eigenvalue weighted by atomic mass is 10.3. The average Bonchev–Trinajstić information content (AvgIpc) is 2.28. The number of pyridine rings is 1. The second-order valence-corrected chi connectivity index (χ2v) is 5.73. The summed E-state index contributed by atoms with van der Waals surface area (Å²) in [6.07, 6.45) is -2.22. The van der Waals surface area contributed by atoms with Gasteiger partial charge in [-0.1, -0.05) is 13.0 Å². The van der Waals surface area contributed by atoms with Crippen LogP contribution >= 0.6 is 0 Å². The number of aromatic nitrogens is 1. The number of rotatable bonds is 5. The Morgan fingerprint density at radius 3 is 2.67 bits per heavy atom. The van der Waals surface area contributed by atoms with Crippen molar-refractivity contribution in [3.63, 3.8) is 0 Å². The topological polar surface area (TPSA) is 42.0 Å². The Morgan fingerprint density at radius 1 is 1.44 bits per heavy atom. The second-order valence-electron chi connectivity index (χ2n) is 3.93. The standard InChI is InChI=1S/C11H15F3N2OS/c1-8(18(2)17)6-7-15-10-5-3-4-9(16-10)11(12,13)14/h3-5,8H,6-7H2,1-2H3,(H,15,16). The minimum Gasteiger partial charge on any atom is -0.370 e. The predicted molar refractivity (Wildman–Crippen MR) is 65.9 cm³/mol. The first-order valence-corrected chi connectivity index (χ1v) is 7.03. The van der Waals surface area contributed by atoms with Crippen LogP contribution in [0.1, 0.15) is 19.0 Å². The molecule has 0 aliphatic carbocycles. The summed E-state index contributed by atoms with van der Waals surface area (Å²) in [6, 6.07) is 3.71. The van der Waals surface area contributed by atoms with Gasteiger partial charge in [0, 0.05) is 28.9 Å². The first-order valence-electron chi connectivity index (χ1n) is 5.41. The van der Waals surface area contributed by atoms with Gasteiger partial charge in [-0.3, -0.25) is 4.21 Å². The molecule has 1 rings (SSSR count). The molecule has 102 valence electrons. The average molecular weight is 280 g/mol. The molecular formula is C11H15F3N2OS. The van der Waals surface area contributed by atoms with Gasteiger partial charge in [0.2, 0.25) is 0 Å². The van der Waals surface area contributed by atoms with Crippen LogP contribution in [0.5, 0.6) is 0 Å². The fourth-order valence-electron chi connectivity index (χ4n) is 1.26. The summed E-state index contributed by atoms with van der Waals surface area (Å²) in [6.45, 7) is 2.27. The van der Waals surface area contributed by atoms with Crippen LogP contribution in [0.3, 0.4) is 0 Å². The highest BCUT2D eigenvalue weighted by molar-refractivity contribution is 7.84. The van der Waals surface area contributed by atoms with Gasteiger partial charge in [-0.2, -0.15) is 13.2 Å². The van der Waals surface area contributed by atoms with Crippen LogP contribution in [-0.2, 0) is 17.0 Å². The fraction of sp³-hybridized carbons (Fsp3) is 0.545. The number of anilines is 1. The Balaban J connectivity index is 2.56. The minimum atomic E-state index is -4.43. The van der Waals surface area contributed by atoms with Crippen molar-refractivity contribution in [3.05, 3.63) is 23.9 Å². The maximum Gasteiger partial charge on any atom is 0.433 e. The number of nitrogens with zero attached hydrogens (tertiary/aromatic N) is 1. The van der Waals surface area contributed by atoms with Crippen molar-refractivity contribution in [2.45, 2.75) is 24.8 Å². The molecule has 0 spiro atoms. The van der Waals surface area contributed by atoms with Crippen molar-refractivity contribution < 1.29 is 17.4 Å². The zero-order valence-electron chi connectivity index (χ0n) is 10.1. The minimum absolute atomic E-state index is 0.00305. The molecule has 3 nitrogen and oxygen atoms in total. The van der Waals surface area contributed by atoms with Crippen LogP contribution in [0.15, 0.2) is 18.2 Å². The van der Waals surface area contributed by atoms with Crippen LogP contribution in [0.25, 0.3) is 0 Å². The van der Waals surface area contributed by atoms with Gasteiger partial charge in [0.15, 0.2) is 0 Å². The predicted octanol–water partition coefficient (Wildman–Crippen LogP) is 2.67. The largest absolute Gasteiger partial charge is 0.433 e. The van der Waals surface area contributed by atoms with Crippen molar-refractivity contribution in [3.8, 4) is 0 Å². The van der Waals surface area contributed by atoms with E-state index < -0.39 is 22.7 Å². The molecule has 2 unspecified atom stereocenters. The summed E-state index contributed by atoms with van der Waals surface area (Å²) in [5.74, 6) is 0.180. The number of halogens is 3. The first kappa shape index (κ1) is 14.9. The molecule has 18 heavy (non-hydrogen) atoms. The molecule has 7 heteroatoms. The maximum atomic E-state index is 12.4. The highest BCUT2D eigenvalue weighted by Gasteiger charge is 2.32. The van der Waals surface area contributed by atoms with E-state index in [1.807, 2.05) is 6.92 Å². The molecule has 0 radical (unpaired) electrons. The third-order valence-corrected chi connectivity index (χ3v) is 3.83. The molecule has 0 bridgehead atoms. The van der Waals surface area contributed by atoms with Gasteiger partial charge in [0.05, 0.1) is 0 Å². The SMILES string of the molecule is CC(CCNc1cccc(C(F)(F)F)n1)S(C)=O. The quantitative estimate of drug-likeness (QED) is 0.901. The third kappa shape index (κ3) is 4.64. The van der Waals surface area contributed by atoms with E-state index in [2.05, 4.69) is 10.3 Å². The summed E-state index contributed by atoms with van der Waals surface area (Å²) in [7, 11) is -0.927. The van der Waals surface area contributed by atoms with Crippen LogP contribution in [0, 0.1) is 0 Å². The van der Waals surface area contributed by atoms with E-state index in [9.17, 15) is 17.4 Å². The Kier molecular flexibility index (Phi) is 5.13. The normalized spacial score (nSPS) is 15.2. The van der Waals surface area contributed by atoms with Crippen molar-refractivity contribution >= 4 is 16.6 Å². The summed E-state index contributed by atoms with van der Waals surface area (Å²) >= 11 is 0. The maximum absolute atomic E-state index is 12.4. The van der Waals surface area contributed by atoms with Crippen LogP contribution in [-0.4, -0.2) is 27.2 Å².